The number of hydrogen-bond donors (Lipinski definition) is 2. The summed E-state index contributed by atoms with van der Waals surface area (Å²) in [5, 5.41) is 2.59. The summed E-state index contributed by atoms with van der Waals surface area (Å²) in [6.45, 7) is 4.55. The molecule has 226 valence electrons. The van der Waals surface area contributed by atoms with Crippen LogP contribution in [0.2, 0.25) is 0 Å². The van der Waals surface area contributed by atoms with Crippen molar-refractivity contribution in [3.05, 3.63) is 83.8 Å². The Morgan fingerprint density at radius 3 is 2.53 bits per heavy atom. The number of esters is 1. The first-order valence-corrected chi connectivity index (χ1v) is 14.1. The topological polar surface area (TPSA) is 151 Å². The van der Waals surface area contributed by atoms with Crippen molar-refractivity contribution in [1.29, 1.82) is 0 Å². The molecule has 4 rings (SSSR count). The molecule has 2 heterocycles. The Hall–Kier alpha value is -4.97. The fourth-order valence-electron chi connectivity index (χ4n) is 4.30. The summed E-state index contributed by atoms with van der Waals surface area (Å²) in [5.74, 6) is 0.998. The van der Waals surface area contributed by atoms with Crippen LogP contribution in [0.15, 0.2) is 66.9 Å². The van der Waals surface area contributed by atoms with Gasteiger partial charge in [-0.15, -0.1) is 0 Å². The van der Waals surface area contributed by atoms with Gasteiger partial charge in [0, 0.05) is 25.4 Å². The molecule has 12 heteroatoms. The van der Waals surface area contributed by atoms with Gasteiger partial charge >= 0.3 is 12.1 Å². The third-order valence-electron chi connectivity index (χ3n) is 6.55. The van der Waals surface area contributed by atoms with E-state index in [1.54, 1.807) is 67.7 Å². The molecule has 2 amide bonds. The van der Waals surface area contributed by atoms with Crippen molar-refractivity contribution in [1.82, 2.24) is 19.9 Å². The number of nitrogens with zero attached hydrogens (tertiary/aromatic N) is 4. The molecule has 12 nitrogen and oxygen atoms in total. The zero-order chi connectivity index (χ0) is 30.8. The van der Waals surface area contributed by atoms with Gasteiger partial charge < -0.3 is 29.8 Å². The first kappa shape index (κ1) is 31.0. The maximum absolute atomic E-state index is 13.6. The van der Waals surface area contributed by atoms with Gasteiger partial charge in [0.15, 0.2) is 0 Å². The molecule has 3 N–H and O–H groups in total. The van der Waals surface area contributed by atoms with Crippen LogP contribution in [0.25, 0.3) is 11.0 Å². The monoisotopic (exact) mass is 588 g/mol. The standard InChI is InChI=1S/C31H36N6O6/c1-4-18-42-31(40)35-29(32)21-9-12-23(13-10-21)43-20-27-34-24-19-22(11-14-25(24)36(27)3)30(39)37(17-15-28(38)41-5-2)26-8-6-7-16-33-26/h6-14,16,19,29H,4-5,15,17-18,20,32H2,1-3H3,(H,35,40). The van der Waals surface area contributed by atoms with Gasteiger partial charge in [-0.1, -0.05) is 25.1 Å². The number of nitrogens with two attached hydrogens (primary N) is 1. The number of nitrogens with one attached hydrogen (secondary N) is 1. The van der Waals surface area contributed by atoms with Gasteiger partial charge in [0.2, 0.25) is 0 Å². The predicted octanol–water partition coefficient (Wildman–Crippen LogP) is 4.24. The van der Waals surface area contributed by atoms with Gasteiger partial charge in [-0.3, -0.25) is 14.5 Å². The van der Waals surface area contributed by atoms with E-state index in [0.717, 1.165) is 11.9 Å². The minimum atomic E-state index is -0.714. The van der Waals surface area contributed by atoms with Crippen molar-refractivity contribution in [2.24, 2.45) is 12.8 Å². The Balaban J connectivity index is 1.44. The fourth-order valence-corrected chi connectivity index (χ4v) is 4.30. The minimum absolute atomic E-state index is 0.0401. The Kier molecular flexibility index (Phi) is 10.6. The number of benzene rings is 2. The van der Waals surface area contributed by atoms with E-state index in [9.17, 15) is 14.4 Å². The Morgan fingerprint density at radius 1 is 1.05 bits per heavy atom. The fraction of sp³-hybridized carbons (Fsp3) is 0.323. The molecule has 1 unspecified atom stereocenters. The number of rotatable bonds is 13. The van der Waals surface area contributed by atoms with Crippen LogP contribution < -0.4 is 20.7 Å². The smallest absolute Gasteiger partial charge is 0.408 e. The highest BCUT2D eigenvalue weighted by Crippen LogP contribution is 2.22. The summed E-state index contributed by atoms with van der Waals surface area (Å²) in [7, 11) is 1.88. The Bertz CT molecular complexity index is 1540. The van der Waals surface area contributed by atoms with Gasteiger partial charge in [-0.25, -0.2) is 14.8 Å². The SMILES string of the molecule is CCCOC(=O)NC(N)c1ccc(OCc2nc3cc(C(=O)N(CCC(=O)OCC)c4ccccn4)ccc3n2C)cc1. The maximum atomic E-state index is 13.6. The summed E-state index contributed by atoms with van der Waals surface area (Å²) in [6, 6.07) is 17.6. The number of aromatic nitrogens is 3. The van der Waals surface area contributed by atoms with Crippen molar-refractivity contribution in [3.8, 4) is 5.75 Å². The quantitative estimate of drug-likeness (QED) is 0.173. The van der Waals surface area contributed by atoms with Crippen LogP contribution in [0.1, 0.15) is 54.6 Å². The number of ether oxygens (including phenoxy) is 3. The molecule has 0 aliphatic rings. The third-order valence-corrected chi connectivity index (χ3v) is 6.55. The molecule has 4 aromatic rings. The predicted molar refractivity (Wildman–Crippen MR) is 160 cm³/mol. The van der Waals surface area contributed by atoms with Crippen LogP contribution in [0.3, 0.4) is 0 Å². The van der Waals surface area contributed by atoms with Crippen LogP contribution in [0.4, 0.5) is 10.6 Å². The number of imidazole rings is 1. The number of anilines is 1. The van der Waals surface area contributed by atoms with Crippen molar-refractivity contribution in [2.75, 3.05) is 24.7 Å². The summed E-state index contributed by atoms with van der Waals surface area (Å²) < 4.78 is 17.9. The lowest BCUT2D eigenvalue weighted by molar-refractivity contribution is -0.142. The molecule has 2 aromatic carbocycles. The highest BCUT2D eigenvalue weighted by atomic mass is 16.5. The van der Waals surface area contributed by atoms with E-state index in [1.807, 2.05) is 24.6 Å². The molecule has 0 radical (unpaired) electrons. The molecule has 0 fully saturated rings. The lowest BCUT2D eigenvalue weighted by Crippen LogP contribution is -2.34. The van der Waals surface area contributed by atoms with E-state index in [1.165, 1.54) is 4.90 Å². The number of aryl methyl sites for hydroxylation is 1. The van der Waals surface area contributed by atoms with Gasteiger partial charge in [0.05, 0.1) is 30.7 Å². The second kappa shape index (κ2) is 14.8. The molecular weight excluding hydrogens is 552 g/mol. The summed E-state index contributed by atoms with van der Waals surface area (Å²) >= 11 is 0. The Labute approximate surface area is 249 Å². The molecule has 0 spiro atoms. The number of fused-ring (bicyclic) bond motifs is 1. The van der Waals surface area contributed by atoms with Crippen LogP contribution in [-0.4, -0.2) is 52.3 Å². The zero-order valence-corrected chi connectivity index (χ0v) is 24.5. The van der Waals surface area contributed by atoms with Crippen LogP contribution in [0, 0.1) is 0 Å². The molecule has 0 saturated heterocycles. The minimum Gasteiger partial charge on any atom is -0.486 e. The van der Waals surface area contributed by atoms with Crippen molar-refractivity contribution in [2.45, 2.75) is 39.5 Å². The van der Waals surface area contributed by atoms with Crippen molar-refractivity contribution >= 4 is 34.8 Å². The lowest BCUT2D eigenvalue weighted by Gasteiger charge is -2.21. The molecule has 0 aliphatic heterocycles. The largest absolute Gasteiger partial charge is 0.486 e. The van der Waals surface area contributed by atoms with E-state index in [4.69, 9.17) is 24.9 Å². The number of amides is 2. The number of carbonyl (C=O) groups excluding carboxylic acids is 3. The maximum Gasteiger partial charge on any atom is 0.408 e. The third kappa shape index (κ3) is 8.07. The lowest BCUT2D eigenvalue weighted by atomic mass is 10.1. The molecule has 1 atom stereocenters. The van der Waals surface area contributed by atoms with Crippen LogP contribution >= 0.6 is 0 Å². The van der Waals surface area contributed by atoms with Gasteiger partial charge in [0.25, 0.3) is 5.91 Å². The number of alkyl carbamates (subject to hydrolysis) is 1. The van der Waals surface area contributed by atoms with Crippen LogP contribution in [-0.2, 0) is 27.9 Å². The average Bonchev–Trinajstić information content (AvgIpc) is 3.34. The summed E-state index contributed by atoms with van der Waals surface area (Å²) in [6.07, 6.45) is 1.08. The van der Waals surface area contributed by atoms with Crippen molar-refractivity contribution < 1.29 is 28.6 Å². The Morgan fingerprint density at radius 2 is 1.84 bits per heavy atom. The summed E-state index contributed by atoms with van der Waals surface area (Å²) in [5.41, 5.74) is 8.61. The first-order chi connectivity index (χ1) is 20.8. The first-order valence-electron chi connectivity index (χ1n) is 14.1. The van der Waals surface area contributed by atoms with Gasteiger partial charge in [0.1, 0.15) is 30.2 Å². The molecule has 2 aromatic heterocycles. The van der Waals surface area contributed by atoms with E-state index < -0.39 is 12.3 Å². The van der Waals surface area contributed by atoms with Gasteiger partial charge in [-0.05, 0) is 61.4 Å². The van der Waals surface area contributed by atoms with Crippen molar-refractivity contribution in [3.63, 3.8) is 0 Å². The molecule has 0 bridgehead atoms. The second-order valence-corrected chi connectivity index (χ2v) is 9.61. The number of hydrogen-bond acceptors (Lipinski definition) is 9. The summed E-state index contributed by atoms with van der Waals surface area (Å²) in [4.78, 5) is 47.8. The highest BCUT2D eigenvalue weighted by molar-refractivity contribution is 6.07. The highest BCUT2D eigenvalue weighted by Gasteiger charge is 2.21. The number of pyridine rings is 1. The van der Waals surface area contributed by atoms with E-state index in [-0.39, 0.29) is 38.1 Å². The van der Waals surface area contributed by atoms with E-state index >= 15 is 0 Å². The normalized spacial score (nSPS) is 11.5. The zero-order valence-electron chi connectivity index (χ0n) is 24.5. The van der Waals surface area contributed by atoms with E-state index in [0.29, 0.717) is 40.6 Å². The van der Waals surface area contributed by atoms with Gasteiger partial charge in [-0.2, -0.15) is 0 Å². The van der Waals surface area contributed by atoms with Crippen LogP contribution in [0.5, 0.6) is 5.75 Å². The average molecular weight is 589 g/mol. The molecule has 0 saturated carbocycles. The molecule has 0 aliphatic carbocycles. The van der Waals surface area contributed by atoms with E-state index in [2.05, 4.69) is 10.3 Å². The number of carbonyl (C=O) groups is 3. The molecule has 43 heavy (non-hydrogen) atoms. The molecular formula is C31H36N6O6. The second-order valence-electron chi connectivity index (χ2n) is 9.61.